The summed E-state index contributed by atoms with van der Waals surface area (Å²) in [5.74, 6) is 2.62. The molecular weight excluding hydrogens is 532 g/mol. The maximum Gasteiger partial charge on any atom is 0.164 e. The van der Waals surface area contributed by atoms with Crippen LogP contribution in [-0.2, 0) is 5.41 Å². The molecule has 1 aliphatic heterocycles. The highest BCUT2D eigenvalue weighted by atomic mass is 32.2. The number of fused-ring (bicyclic) bond motifs is 8. The van der Waals surface area contributed by atoms with Crippen molar-refractivity contribution in [2.75, 3.05) is 0 Å². The quantitative estimate of drug-likeness (QED) is 0.300. The predicted octanol–water partition coefficient (Wildman–Crippen LogP) is 11.8. The third-order valence-corrected chi connectivity index (χ3v) is 14.1. The van der Waals surface area contributed by atoms with Crippen LogP contribution in [0.25, 0.3) is 21.9 Å². The minimum Gasteiger partial charge on any atom is -0.507 e. The molecule has 1 N–H and O–H groups in total. The SMILES string of the molecule is CCCC(CC)C1(C2CCCCC2)Oc2cc3c4c(cc(O)c3cc2S1)C1(CCC(CC)(CC)CC1)c1ccccc1-4. The van der Waals surface area contributed by atoms with Crippen LogP contribution in [0.15, 0.2) is 47.4 Å². The molecule has 2 nitrogen and oxygen atoms in total. The van der Waals surface area contributed by atoms with Gasteiger partial charge in [0.05, 0.1) is 4.90 Å². The minimum absolute atomic E-state index is 0.000343. The molecule has 0 radical (unpaired) electrons. The minimum atomic E-state index is -0.185. The monoisotopic (exact) mass is 582 g/mol. The van der Waals surface area contributed by atoms with Gasteiger partial charge < -0.3 is 9.84 Å². The van der Waals surface area contributed by atoms with Crippen LogP contribution in [0.4, 0.5) is 0 Å². The highest BCUT2D eigenvalue weighted by Crippen LogP contribution is 2.64. The van der Waals surface area contributed by atoms with Crippen LogP contribution in [0, 0.1) is 17.3 Å². The van der Waals surface area contributed by atoms with Gasteiger partial charge >= 0.3 is 0 Å². The van der Waals surface area contributed by atoms with Crippen molar-refractivity contribution in [3.8, 4) is 22.6 Å². The van der Waals surface area contributed by atoms with Gasteiger partial charge in [0.2, 0.25) is 0 Å². The zero-order chi connectivity index (χ0) is 29.1. The second-order valence-corrected chi connectivity index (χ2v) is 15.4. The van der Waals surface area contributed by atoms with E-state index in [1.807, 2.05) is 11.8 Å². The Hall–Kier alpha value is -2.13. The van der Waals surface area contributed by atoms with Crippen molar-refractivity contribution < 1.29 is 9.84 Å². The maximum atomic E-state index is 11.7. The van der Waals surface area contributed by atoms with E-state index in [9.17, 15) is 5.11 Å². The van der Waals surface area contributed by atoms with E-state index in [0.717, 1.165) is 17.6 Å². The molecule has 7 rings (SSSR count). The van der Waals surface area contributed by atoms with Crippen molar-refractivity contribution in [3.63, 3.8) is 0 Å². The molecule has 2 saturated carbocycles. The summed E-state index contributed by atoms with van der Waals surface area (Å²) in [6, 6.07) is 15.9. The lowest BCUT2D eigenvalue weighted by atomic mass is 9.58. The fraction of sp³-hybridized carbons (Fsp3) is 0.590. The van der Waals surface area contributed by atoms with Gasteiger partial charge in [0.1, 0.15) is 11.5 Å². The summed E-state index contributed by atoms with van der Waals surface area (Å²) >= 11 is 2.00. The number of benzene rings is 3. The number of hydrogen-bond donors (Lipinski definition) is 1. The lowest BCUT2D eigenvalue weighted by Gasteiger charge is -2.45. The standard InChI is InChI=1S/C39H50O2S/c1-5-14-26(6-2)39(27-15-10-9-11-16-27)41-34-23-30-29(24-35(34)42-39)33(40)25-32-36(30)28-17-12-13-18-31(28)38(32)21-19-37(7-3,8-4)20-22-38/h12-13,17-18,23-27,40H,5-11,14-16,19-22H2,1-4H3. The predicted molar refractivity (Wildman–Crippen MR) is 178 cm³/mol. The molecule has 0 aromatic heterocycles. The number of ether oxygens (including phenoxy) is 1. The van der Waals surface area contributed by atoms with Gasteiger partial charge in [-0.05, 0) is 103 Å². The summed E-state index contributed by atoms with van der Waals surface area (Å²) in [5, 5.41) is 13.9. The number of thioether (sulfide) groups is 1. The normalized spacial score (nSPS) is 24.8. The Bertz CT molecular complexity index is 1460. The highest BCUT2D eigenvalue weighted by Gasteiger charge is 2.53. The molecule has 3 aromatic carbocycles. The summed E-state index contributed by atoms with van der Waals surface area (Å²) in [6.45, 7) is 9.45. The number of hydrogen-bond acceptors (Lipinski definition) is 3. The van der Waals surface area contributed by atoms with Gasteiger partial charge in [0, 0.05) is 22.6 Å². The first-order valence-electron chi connectivity index (χ1n) is 17.3. The molecule has 0 amide bonds. The van der Waals surface area contributed by atoms with Gasteiger partial charge in [-0.25, -0.2) is 0 Å². The molecule has 42 heavy (non-hydrogen) atoms. The first-order chi connectivity index (χ1) is 20.4. The van der Waals surface area contributed by atoms with Crippen LogP contribution in [0.2, 0.25) is 0 Å². The Morgan fingerprint density at radius 2 is 1.62 bits per heavy atom. The van der Waals surface area contributed by atoms with E-state index in [-0.39, 0.29) is 10.3 Å². The lowest BCUT2D eigenvalue weighted by Crippen LogP contribution is -2.46. The van der Waals surface area contributed by atoms with Crippen LogP contribution >= 0.6 is 11.8 Å². The van der Waals surface area contributed by atoms with E-state index in [0.29, 0.717) is 23.0 Å². The Morgan fingerprint density at radius 1 is 0.881 bits per heavy atom. The molecule has 0 bridgehead atoms. The zero-order valence-electron chi connectivity index (χ0n) is 26.4. The van der Waals surface area contributed by atoms with Gasteiger partial charge in [-0.1, -0.05) is 102 Å². The van der Waals surface area contributed by atoms with Crippen molar-refractivity contribution in [2.24, 2.45) is 17.3 Å². The highest BCUT2D eigenvalue weighted by molar-refractivity contribution is 8.01. The van der Waals surface area contributed by atoms with Crippen LogP contribution < -0.4 is 4.74 Å². The molecule has 3 heteroatoms. The van der Waals surface area contributed by atoms with Gasteiger partial charge in [0.15, 0.2) is 4.93 Å². The second-order valence-electron chi connectivity index (χ2n) is 14.2. The first-order valence-corrected chi connectivity index (χ1v) is 18.1. The van der Waals surface area contributed by atoms with E-state index in [1.165, 1.54) is 116 Å². The summed E-state index contributed by atoms with van der Waals surface area (Å²) in [7, 11) is 0. The van der Waals surface area contributed by atoms with Crippen molar-refractivity contribution in [1.29, 1.82) is 0 Å². The van der Waals surface area contributed by atoms with Crippen LogP contribution in [0.3, 0.4) is 0 Å². The summed E-state index contributed by atoms with van der Waals surface area (Å²) in [4.78, 5) is 1.04. The van der Waals surface area contributed by atoms with Crippen LogP contribution in [0.1, 0.15) is 129 Å². The fourth-order valence-corrected chi connectivity index (χ4v) is 11.5. The van der Waals surface area contributed by atoms with E-state index >= 15 is 0 Å². The molecule has 1 spiro atoms. The summed E-state index contributed by atoms with van der Waals surface area (Å²) in [5.41, 5.74) is 6.03. The average Bonchev–Trinajstić information content (AvgIpc) is 3.54. The Balaban J connectivity index is 1.37. The Morgan fingerprint density at radius 3 is 2.31 bits per heavy atom. The smallest absolute Gasteiger partial charge is 0.164 e. The summed E-state index contributed by atoms with van der Waals surface area (Å²) < 4.78 is 7.31. The number of rotatable bonds is 7. The van der Waals surface area contributed by atoms with E-state index in [1.54, 1.807) is 0 Å². The van der Waals surface area contributed by atoms with Gasteiger partial charge in [-0.15, -0.1) is 0 Å². The second kappa shape index (κ2) is 10.8. The molecule has 224 valence electrons. The Kier molecular flexibility index (Phi) is 7.36. The van der Waals surface area contributed by atoms with Gasteiger partial charge in [-0.3, -0.25) is 0 Å². The molecule has 0 saturated heterocycles. The van der Waals surface area contributed by atoms with Crippen molar-refractivity contribution in [1.82, 2.24) is 0 Å². The molecule has 3 aliphatic carbocycles. The first kappa shape index (κ1) is 28.6. The molecule has 2 fully saturated rings. The molecule has 3 aromatic rings. The third-order valence-electron chi connectivity index (χ3n) is 12.5. The van der Waals surface area contributed by atoms with Crippen LogP contribution in [0.5, 0.6) is 11.5 Å². The number of phenols is 1. The van der Waals surface area contributed by atoms with Crippen LogP contribution in [-0.4, -0.2) is 10.0 Å². The van der Waals surface area contributed by atoms with Crippen molar-refractivity contribution in [2.45, 2.75) is 133 Å². The molecule has 4 aliphatic rings. The number of phenolic OH excluding ortho intramolecular Hbond substituents is 1. The summed E-state index contributed by atoms with van der Waals surface area (Å²) in [6.07, 6.45) is 17.5. The lowest BCUT2D eigenvalue weighted by molar-refractivity contribution is 0.0226. The Labute approximate surface area is 258 Å². The average molecular weight is 583 g/mol. The topological polar surface area (TPSA) is 29.5 Å². The molecule has 2 unspecified atom stereocenters. The van der Waals surface area contributed by atoms with Crippen molar-refractivity contribution in [3.05, 3.63) is 53.6 Å². The largest absolute Gasteiger partial charge is 0.507 e. The zero-order valence-corrected chi connectivity index (χ0v) is 27.2. The van der Waals surface area contributed by atoms with E-state index in [4.69, 9.17) is 4.74 Å². The maximum absolute atomic E-state index is 11.7. The number of aromatic hydroxyl groups is 1. The molecule has 1 heterocycles. The third kappa shape index (κ3) is 4.11. The fourth-order valence-electron chi connectivity index (χ4n) is 9.78. The van der Waals surface area contributed by atoms with E-state index < -0.39 is 0 Å². The van der Waals surface area contributed by atoms with Crippen molar-refractivity contribution >= 4 is 22.5 Å². The van der Waals surface area contributed by atoms with Gasteiger partial charge in [0.25, 0.3) is 0 Å². The van der Waals surface area contributed by atoms with Gasteiger partial charge in [-0.2, -0.15) is 0 Å². The van der Waals surface area contributed by atoms with E-state index in [2.05, 4.69) is 70.2 Å². The molecular formula is C39H50O2S. The molecule has 2 atom stereocenters.